The fourth-order valence-electron chi connectivity index (χ4n) is 4.83. The van der Waals surface area contributed by atoms with E-state index < -0.39 is 5.97 Å². The van der Waals surface area contributed by atoms with Gasteiger partial charge in [-0.2, -0.15) is 0 Å². The highest BCUT2D eigenvalue weighted by Crippen LogP contribution is 2.37. The lowest BCUT2D eigenvalue weighted by atomic mass is 9.91. The highest BCUT2D eigenvalue weighted by atomic mass is 16.5. The molecule has 33 heavy (non-hydrogen) atoms. The van der Waals surface area contributed by atoms with Crippen LogP contribution in [0.5, 0.6) is 5.75 Å². The van der Waals surface area contributed by atoms with Crippen molar-refractivity contribution in [2.24, 2.45) is 0 Å². The fraction of sp³-hybridized carbons (Fsp3) is 0.385. The van der Waals surface area contributed by atoms with Crippen molar-refractivity contribution in [2.75, 3.05) is 20.3 Å². The Kier molecular flexibility index (Phi) is 6.81. The summed E-state index contributed by atoms with van der Waals surface area (Å²) in [5.41, 5.74) is 4.02. The minimum Gasteiger partial charge on any atom is -0.496 e. The lowest BCUT2D eigenvalue weighted by molar-refractivity contribution is -0.0138. The van der Waals surface area contributed by atoms with Gasteiger partial charge in [0.05, 0.1) is 24.3 Å². The average molecular weight is 451 g/mol. The van der Waals surface area contributed by atoms with E-state index in [1.165, 1.54) is 0 Å². The van der Waals surface area contributed by atoms with Crippen LogP contribution in [-0.4, -0.2) is 47.3 Å². The number of nitrogens with one attached hydrogen (secondary N) is 1. The Balaban J connectivity index is 1.73. The van der Waals surface area contributed by atoms with Gasteiger partial charge in [0.15, 0.2) is 0 Å². The molecule has 1 aromatic heterocycles. The standard InChI is InChI=1S/C26H30N2O5/c1-4-33-19-11-12-28(22(14-19)17-5-7-18(8-6-17)26(30)31)15-21-20-9-10-24(29)27-25(20)16(2)13-23(21)32-3/h5-10,13,19,22H,4,11-12,14-15H2,1-3H3,(H,27,29)(H,30,31)/t19-,22-/m0/s1. The molecule has 0 saturated carbocycles. The third kappa shape index (κ3) is 4.79. The van der Waals surface area contributed by atoms with Gasteiger partial charge in [0, 0.05) is 42.8 Å². The van der Waals surface area contributed by atoms with Gasteiger partial charge in [0.1, 0.15) is 5.75 Å². The van der Waals surface area contributed by atoms with Crippen molar-refractivity contribution in [3.05, 3.63) is 75.1 Å². The fourth-order valence-corrected chi connectivity index (χ4v) is 4.83. The van der Waals surface area contributed by atoms with Crippen LogP contribution < -0.4 is 10.3 Å². The van der Waals surface area contributed by atoms with Gasteiger partial charge in [-0.1, -0.05) is 12.1 Å². The van der Waals surface area contributed by atoms with E-state index in [-0.39, 0.29) is 23.3 Å². The first-order valence-electron chi connectivity index (χ1n) is 11.3. The SMILES string of the molecule is CCO[C@H]1CCN(Cc2c(OC)cc(C)c3[nH]c(=O)ccc23)[C@H](c2ccc(C(=O)O)cc2)C1. The summed E-state index contributed by atoms with van der Waals surface area (Å²) in [6, 6.07) is 12.6. The van der Waals surface area contributed by atoms with Crippen molar-refractivity contribution in [1.82, 2.24) is 9.88 Å². The molecule has 0 radical (unpaired) electrons. The predicted molar refractivity (Wildman–Crippen MR) is 127 cm³/mol. The summed E-state index contributed by atoms with van der Waals surface area (Å²) in [6.07, 6.45) is 1.90. The van der Waals surface area contributed by atoms with Gasteiger partial charge in [0.2, 0.25) is 5.56 Å². The minimum absolute atomic E-state index is 0.0713. The first-order chi connectivity index (χ1) is 15.9. The van der Waals surface area contributed by atoms with Gasteiger partial charge >= 0.3 is 5.97 Å². The molecule has 0 spiro atoms. The molecule has 1 saturated heterocycles. The monoisotopic (exact) mass is 450 g/mol. The van der Waals surface area contributed by atoms with E-state index in [4.69, 9.17) is 9.47 Å². The Hall–Kier alpha value is -3.16. The summed E-state index contributed by atoms with van der Waals surface area (Å²) in [4.78, 5) is 28.6. The molecule has 4 rings (SSSR count). The number of carboxylic acid groups (broad SMARTS) is 1. The topological polar surface area (TPSA) is 91.9 Å². The number of hydrogen-bond acceptors (Lipinski definition) is 5. The van der Waals surface area contributed by atoms with Crippen LogP contribution in [0.25, 0.3) is 10.9 Å². The second-order valence-electron chi connectivity index (χ2n) is 8.50. The normalized spacial score (nSPS) is 19.0. The number of aryl methyl sites for hydroxylation is 1. The molecule has 1 aliphatic heterocycles. The largest absolute Gasteiger partial charge is 0.496 e. The maximum atomic E-state index is 11.9. The van der Waals surface area contributed by atoms with Crippen LogP contribution in [-0.2, 0) is 11.3 Å². The van der Waals surface area contributed by atoms with E-state index in [0.717, 1.165) is 52.7 Å². The minimum atomic E-state index is -0.931. The second kappa shape index (κ2) is 9.77. The highest BCUT2D eigenvalue weighted by Gasteiger charge is 2.31. The van der Waals surface area contributed by atoms with Crippen LogP contribution in [0.15, 0.2) is 47.3 Å². The third-order valence-corrected chi connectivity index (χ3v) is 6.47. The van der Waals surface area contributed by atoms with E-state index in [2.05, 4.69) is 9.88 Å². The average Bonchev–Trinajstić information content (AvgIpc) is 2.81. The zero-order valence-corrected chi connectivity index (χ0v) is 19.3. The van der Waals surface area contributed by atoms with Crippen molar-refractivity contribution in [3.8, 4) is 5.75 Å². The van der Waals surface area contributed by atoms with Crippen molar-refractivity contribution < 1.29 is 19.4 Å². The number of carboxylic acids is 1. The summed E-state index contributed by atoms with van der Waals surface area (Å²) in [5, 5.41) is 10.2. The van der Waals surface area contributed by atoms with Crippen LogP contribution in [0.3, 0.4) is 0 Å². The number of hydrogen-bond donors (Lipinski definition) is 2. The maximum Gasteiger partial charge on any atom is 0.335 e. The molecule has 3 aromatic rings. The quantitative estimate of drug-likeness (QED) is 0.558. The molecule has 2 heterocycles. The molecule has 2 N–H and O–H groups in total. The Bertz CT molecular complexity index is 1200. The van der Waals surface area contributed by atoms with Crippen LogP contribution >= 0.6 is 0 Å². The van der Waals surface area contributed by atoms with Gasteiger partial charge in [-0.05, 0) is 62.1 Å². The number of likely N-dealkylation sites (tertiary alicyclic amines) is 1. The van der Waals surface area contributed by atoms with Crippen molar-refractivity contribution >= 4 is 16.9 Å². The number of aromatic carboxylic acids is 1. The number of nitrogens with zero attached hydrogens (tertiary/aromatic N) is 1. The smallest absolute Gasteiger partial charge is 0.335 e. The first kappa shape index (κ1) is 23.0. The third-order valence-electron chi connectivity index (χ3n) is 6.47. The number of piperidine rings is 1. The number of methoxy groups -OCH3 is 1. The molecule has 1 fully saturated rings. The lowest BCUT2D eigenvalue weighted by Crippen LogP contribution is -2.39. The first-order valence-corrected chi connectivity index (χ1v) is 11.3. The van der Waals surface area contributed by atoms with Gasteiger partial charge < -0.3 is 19.6 Å². The molecule has 0 amide bonds. The van der Waals surface area contributed by atoms with E-state index in [9.17, 15) is 14.7 Å². The number of ether oxygens (including phenoxy) is 2. The summed E-state index contributed by atoms with van der Waals surface area (Å²) in [5.74, 6) is -0.141. The van der Waals surface area contributed by atoms with Gasteiger partial charge in [-0.15, -0.1) is 0 Å². The Morgan fingerprint density at radius 2 is 1.97 bits per heavy atom. The molecular weight excluding hydrogens is 420 g/mol. The maximum absolute atomic E-state index is 11.9. The van der Waals surface area contributed by atoms with Crippen molar-refractivity contribution in [2.45, 2.75) is 45.4 Å². The Labute approximate surface area is 193 Å². The number of rotatable bonds is 7. The molecule has 0 bridgehead atoms. The van der Waals surface area contributed by atoms with Crippen molar-refractivity contribution in [3.63, 3.8) is 0 Å². The summed E-state index contributed by atoms with van der Waals surface area (Å²) >= 11 is 0. The molecule has 1 aliphatic rings. The number of fused-ring (bicyclic) bond motifs is 1. The molecule has 2 atom stereocenters. The van der Waals surface area contributed by atoms with Gasteiger partial charge in [-0.25, -0.2) is 4.79 Å². The zero-order valence-electron chi connectivity index (χ0n) is 19.3. The summed E-state index contributed by atoms with van der Waals surface area (Å²) < 4.78 is 11.7. The summed E-state index contributed by atoms with van der Waals surface area (Å²) in [7, 11) is 1.67. The molecule has 7 nitrogen and oxygen atoms in total. The number of H-pyrrole nitrogens is 1. The second-order valence-corrected chi connectivity index (χ2v) is 8.50. The molecule has 2 aromatic carbocycles. The summed E-state index contributed by atoms with van der Waals surface area (Å²) in [6.45, 7) is 6.10. The number of benzene rings is 2. The van der Waals surface area contributed by atoms with E-state index in [0.29, 0.717) is 13.2 Å². The number of carbonyl (C=O) groups is 1. The van der Waals surface area contributed by atoms with Crippen molar-refractivity contribution in [1.29, 1.82) is 0 Å². The van der Waals surface area contributed by atoms with Gasteiger partial charge in [0.25, 0.3) is 0 Å². The number of pyridine rings is 1. The van der Waals surface area contributed by atoms with E-state index in [1.54, 1.807) is 25.3 Å². The molecule has 7 heteroatoms. The van der Waals surface area contributed by atoms with Crippen LogP contribution in [0.1, 0.15) is 52.9 Å². The van der Waals surface area contributed by atoms with Crippen LogP contribution in [0.4, 0.5) is 0 Å². The lowest BCUT2D eigenvalue weighted by Gasteiger charge is -2.40. The van der Waals surface area contributed by atoms with Crippen LogP contribution in [0, 0.1) is 6.92 Å². The molecule has 0 aliphatic carbocycles. The number of aromatic amines is 1. The highest BCUT2D eigenvalue weighted by molar-refractivity contribution is 5.88. The molecule has 0 unspecified atom stereocenters. The van der Waals surface area contributed by atoms with Crippen LogP contribution in [0.2, 0.25) is 0 Å². The molecule has 174 valence electrons. The predicted octanol–water partition coefficient (Wildman–Crippen LogP) is 4.29. The van der Waals surface area contributed by atoms with Gasteiger partial charge in [-0.3, -0.25) is 9.69 Å². The Morgan fingerprint density at radius 1 is 1.21 bits per heavy atom. The molecular formula is C26H30N2O5. The Morgan fingerprint density at radius 3 is 2.64 bits per heavy atom. The number of aromatic nitrogens is 1. The zero-order chi connectivity index (χ0) is 23.5. The van der Waals surface area contributed by atoms with E-state index >= 15 is 0 Å². The van der Waals surface area contributed by atoms with E-state index in [1.807, 2.05) is 38.1 Å².